The van der Waals surface area contributed by atoms with Gasteiger partial charge in [0.25, 0.3) is 0 Å². The zero-order valence-electron chi connectivity index (χ0n) is 28.9. The summed E-state index contributed by atoms with van der Waals surface area (Å²) < 4.78 is 4.90. The predicted octanol–water partition coefficient (Wildman–Crippen LogP) is 12.7. The van der Waals surface area contributed by atoms with E-state index in [-0.39, 0.29) is 0 Å². The zero-order chi connectivity index (χ0) is 34.6. The average molecular weight is 666 g/mol. The second-order valence-electron chi connectivity index (χ2n) is 13.4. The van der Waals surface area contributed by atoms with Crippen molar-refractivity contribution in [2.75, 3.05) is 0 Å². The highest BCUT2D eigenvalue weighted by Gasteiger charge is 2.25. The van der Waals surface area contributed by atoms with Crippen molar-refractivity contribution in [1.82, 2.24) is 9.13 Å². The number of aromatic nitrogens is 2. The Morgan fingerprint density at radius 1 is 0.481 bits per heavy atom. The molecule has 0 saturated heterocycles. The lowest BCUT2D eigenvalue weighted by Crippen LogP contribution is -2.11. The standard InChI is InChI=1S/C49H35N3/c1-2-43(46(34-20-8-4-9-21-34)50-32-33-18-6-3-7-19-33)51-31-30-42-45-44-38-26-14-12-24-36(38)37-25-13-15-27-39(37)48(44)52(35-22-10-5-11-23-35)49(45)41-29-17-16-28-40(41)47(42)51/h2-31H,32H2,1H3/b43-2+,50-46-. The minimum Gasteiger partial charge on any atom is -0.314 e. The molecule has 0 aliphatic carbocycles. The summed E-state index contributed by atoms with van der Waals surface area (Å²) in [7, 11) is 0. The molecule has 52 heavy (non-hydrogen) atoms. The molecule has 0 atom stereocenters. The summed E-state index contributed by atoms with van der Waals surface area (Å²) in [4.78, 5) is 5.33. The first-order chi connectivity index (χ1) is 25.8. The number of fused-ring (bicyclic) bond motifs is 13. The van der Waals surface area contributed by atoms with Crippen LogP contribution in [-0.2, 0) is 6.54 Å². The molecule has 0 aliphatic heterocycles. The normalized spacial score (nSPS) is 12.6. The Labute approximate surface area is 302 Å². The Bertz CT molecular complexity index is 3020. The maximum absolute atomic E-state index is 5.33. The summed E-state index contributed by atoms with van der Waals surface area (Å²) in [6.45, 7) is 2.72. The van der Waals surface area contributed by atoms with Gasteiger partial charge in [0.15, 0.2) is 0 Å². The first kappa shape index (κ1) is 30.1. The summed E-state index contributed by atoms with van der Waals surface area (Å²) >= 11 is 0. The van der Waals surface area contributed by atoms with Gasteiger partial charge >= 0.3 is 0 Å². The molecule has 0 bridgehead atoms. The minimum absolute atomic E-state index is 0.593. The molecule has 0 fully saturated rings. The van der Waals surface area contributed by atoms with Crippen LogP contribution in [0.4, 0.5) is 0 Å². The lowest BCUT2D eigenvalue weighted by Gasteiger charge is -2.17. The van der Waals surface area contributed by atoms with Gasteiger partial charge in [-0.3, -0.25) is 4.99 Å². The van der Waals surface area contributed by atoms with Crippen LogP contribution < -0.4 is 0 Å². The second kappa shape index (κ2) is 12.3. The number of hydrogen-bond donors (Lipinski definition) is 0. The fourth-order valence-electron chi connectivity index (χ4n) is 8.37. The molecule has 10 aromatic rings. The van der Waals surface area contributed by atoms with Crippen molar-refractivity contribution in [1.29, 1.82) is 0 Å². The quantitative estimate of drug-likeness (QED) is 0.125. The monoisotopic (exact) mass is 665 g/mol. The molecule has 8 aromatic carbocycles. The van der Waals surface area contributed by atoms with Gasteiger partial charge in [-0.2, -0.15) is 0 Å². The van der Waals surface area contributed by atoms with Crippen LogP contribution in [0.25, 0.3) is 76.4 Å². The van der Waals surface area contributed by atoms with Crippen LogP contribution in [0.1, 0.15) is 18.1 Å². The van der Waals surface area contributed by atoms with Crippen molar-refractivity contribution in [3.63, 3.8) is 0 Å². The SMILES string of the molecule is C/C=C(\C(=N/Cc1ccccc1)c1ccccc1)n1ccc2c3c4c5ccccc5c5ccccc5c4n(-c4ccccc4)c3c3ccccc3c21. The first-order valence-electron chi connectivity index (χ1n) is 18.0. The van der Waals surface area contributed by atoms with Crippen LogP contribution in [0.5, 0.6) is 0 Å². The number of aliphatic imine (C=N–C) groups is 1. The average Bonchev–Trinajstić information content (AvgIpc) is 3.82. The molecule has 3 nitrogen and oxygen atoms in total. The van der Waals surface area contributed by atoms with Gasteiger partial charge in [0.1, 0.15) is 0 Å². The molecule has 2 aromatic heterocycles. The zero-order valence-corrected chi connectivity index (χ0v) is 28.9. The molecule has 3 heteroatoms. The minimum atomic E-state index is 0.593. The van der Waals surface area contributed by atoms with E-state index < -0.39 is 0 Å². The van der Waals surface area contributed by atoms with Crippen LogP contribution >= 0.6 is 0 Å². The molecular formula is C49H35N3. The van der Waals surface area contributed by atoms with E-state index in [1.54, 1.807) is 0 Å². The van der Waals surface area contributed by atoms with E-state index in [0.717, 1.165) is 22.7 Å². The van der Waals surface area contributed by atoms with E-state index in [1.807, 2.05) is 0 Å². The Balaban J connectivity index is 1.37. The maximum Gasteiger partial charge on any atom is 0.0887 e. The molecule has 0 radical (unpaired) electrons. The van der Waals surface area contributed by atoms with E-state index in [4.69, 9.17) is 4.99 Å². The Morgan fingerprint density at radius 3 is 1.60 bits per heavy atom. The molecule has 0 amide bonds. The highest BCUT2D eigenvalue weighted by molar-refractivity contribution is 6.40. The number of nitrogens with zero attached hydrogens (tertiary/aromatic N) is 3. The van der Waals surface area contributed by atoms with Crippen LogP contribution in [0.2, 0.25) is 0 Å². The number of allylic oxidation sites excluding steroid dienone is 2. The summed E-state index contributed by atoms with van der Waals surface area (Å²) in [6.07, 6.45) is 4.47. The van der Waals surface area contributed by atoms with E-state index in [2.05, 4.69) is 198 Å². The van der Waals surface area contributed by atoms with Gasteiger partial charge in [-0.15, -0.1) is 0 Å². The third-order valence-electron chi connectivity index (χ3n) is 10.5. The van der Waals surface area contributed by atoms with Crippen LogP contribution in [0, 0.1) is 0 Å². The second-order valence-corrected chi connectivity index (χ2v) is 13.4. The summed E-state index contributed by atoms with van der Waals surface area (Å²) in [5.41, 5.74) is 9.11. The van der Waals surface area contributed by atoms with Crippen LogP contribution in [-0.4, -0.2) is 14.8 Å². The molecule has 0 N–H and O–H groups in total. The molecule has 10 rings (SSSR count). The van der Waals surface area contributed by atoms with Crippen molar-refractivity contribution >= 4 is 76.4 Å². The highest BCUT2D eigenvalue weighted by Crippen LogP contribution is 2.48. The van der Waals surface area contributed by atoms with E-state index in [9.17, 15) is 0 Å². The van der Waals surface area contributed by atoms with Gasteiger partial charge in [-0.05, 0) is 46.8 Å². The molecular weight excluding hydrogens is 631 g/mol. The van der Waals surface area contributed by atoms with E-state index >= 15 is 0 Å². The van der Waals surface area contributed by atoms with Gasteiger partial charge in [-0.25, -0.2) is 0 Å². The Morgan fingerprint density at radius 2 is 0.962 bits per heavy atom. The van der Waals surface area contributed by atoms with E-state index in [0.29, 0.717) is 6.54 Å². The van der Waals surface area contributed by atoms with Gasteiger partial charge in [0, 0.05) is 49.8 Å². The third kappa shape index (κ3) is 4.56. The summed E-state index contributed by atoms with van der Waals surface area (Å²) in [6, 6.07) is 61.1. The maximum atomic E-state index is 5.33. The van der Waals surface area contributed by atoms with Gasteiger partial charge < -0.3 is 9.13 Å². The molecule has 0 unspecified atom stereocenters. The van der Waals surface area contributed by atoms with Crippen molar-refractivity contribution in [2.24, 2.45) is 4.99 Å². The number of para-hydroxylation sites is 1. The van der Waals surface area contributed by atoms with E-state index in [1.165, 1.54) is 70.6 Å². The molecule has 0 aliphatic rings. The van der Waals surface area contributed by atoms with Crippen molar-refractivity contribution in [3.05, 3.63) is 193 Å². The largest absolute Gasteiger partial charge is 0.314 e. The van der Waals surface area contributed by atoms with Crippen LogP contribution in [0.3, 0.4) is 0 Å². The third-order valence-corrected chi connectivity index (χ3v) is 10.5. The molecule has 0 saturated carbocycles. The lowest BCUT2D eigenvalue weighted by molar-refractivity contribution is 1.06. The summed E-state index contributed by atoms with van der Waals surface area (Å²) in [5.74, 6) is 0. The van der Waals surface area contributed by atoms with Gasteiger partial charge in [-0.1, -0.05) is 158 Å². The van der Waals surface area contributed by atoms with Gasteiger partial charge in [0.2, 0.25) is 0 Å². The smallest absolute Gasteiger partial charge is 0.0887 e. The van der Waals surface area contributed by atoms with Crippen molar-refractivity contribution < 1.29 is 0 Å². The number of hydrogen-bond acceptors (Lipinski definition) is 1. The predicted molar refractivity (Wildman–Crippen MR) is 222 cm³/mol. The van der Waals surface area contributed by atoms with Crippen LogP contribution in [0.15, 0.2) is 187 Å². The molecule has 246 valence electrons. The van der Waals surface area contributed by atoms with Gasteiger partial charge in [0.05, 0.1) is 34.5 Å². The number of benzene rings is 8. The number of rotatable bonds is 6. The first-order valence-corrected chi connectivity index (χ1v) is 18.0. The molecule has 0 spiro atoms. The Kier molecular flexibility index (Phi) is 7.10. The molecule has 2 heterocycles. The summed E-state index contributed by atoms with van der Waals surface area (Å²) in [5, 5.41) is 11.3. The topological polar surface area (TPSA) is 22.2 Å². The fraction of sp³-hybridized carbons (Fsp3) is 0.0408. The lowest BCUT2D eigenvalue weighted by atomic mass is 9.95. The van der Waals surface area contributed by atoms with Crippen molar-refractivity contribution in [3.8, 4) is 5.69 Å². The van der Waals surface area contributed by atoms with Crippen molar-refractivity contribution in [2.45, 2.75) is 13.5 Å². The Hall–Kier alpha value is -6.71. The fourth-order valence-corrected chi connectivity index (χ4v) is 8.37. The highest BCUT2D eigenvalue weighted by atomic mass is 15.0.